The summed E-state index contributed by atoms with van der Waals surface area (Å²) in [5, 5.41) is 0. The second-order valence-electron chi connectivity index (χ2n) is 9.33. The number of hydrogen-bond donors (Lipinski definition) is 2. The fourth-order valence-corrected chi connectivity index (χ4v) is 5.88. The average molecular weight is 298 g/mol. The monoisotopic (exact) mass is 298 g/mol. The van der Waals surface area contributed by atoms with Gasteiger partial charge in [-0.1, -0.05) is 45.0 Å². The maximum absolute atomic E-state index is 6.93. The van der Waals surface area contributed by atoms with Gasteiger partial charge in [-0.15, -0.1) is 0 Å². The van der Waals surface area contributed by atoms with Crippen molar-refractivity contribution in [1.29, 1.82) is 0 Å². The Labute approximate surface area is 134 Å². The van der Waals surface area contributed by atoms with Crippen molar-refractivity contribution in [3.63, 3.8) is 0 Å². The van der Waals surface area contributed by atoms with Gasteiger partial charge in [0.15, 0.2) is 0 Å². The predicted molar refractivity (Wildman–Crippen MR) is 91.7 cm³/mol. The van der Waals surface area contributed by atoms with Gasteiger partial charge in [0, 0.05) is 17.5 Å². The molecule has 4 bridgehead atoms. The Morgan fingerprint density at radius 2 is 1.73 bits per heavy atom. The summed E-state index contributed by atoms with van der Waals surface area (Å²) in [5.74, 6) is 2.56. The quantitative estimate of drug-likeness (QED) is 0.833. The van der Waals surface area contributed by atoms with Crippen molar-refractivity contribution in [2.75, 3.05) is 0 Å². The lowest BCUT2D eigenvalue weighted by molar-refractivity contribution is -0.0387. The van der Waals surface area contributed by atoms with Gasteiger partial charge in [-0.2, -0.15) is 0 Å². The second kappa shape index (κ2) is 4.58. The van der Waals surface area contributed by atoms with E-state index in [1.165, 1.54) is 30.4 Å². The lowest BCUT2D eigenvalue weighted by atomic mass is 9.46. The molecule has 4 aliphatic carbocycles. The molecule has 4 N–H and O–H groups in total. The van der Waals surface area contributed by atoms with Crippen LogP contribution in [0.4, 0.5) is 0 Å². The van der Waals surface area contributed by atoms with Gasteiger partial charge < -0.3 is 11.5 Å². The van der Waals surface area contributed by atoms with E-state index < -0.39 is 0 Å². The molecule has 1 aromatic rings. The maximum Gasteiger partial charge on any atom is 0.0232 e. The van der Waals surface area contributed by atoms with Crippen molar-refractivity contribution in [1.82, 2.24) is 0 Å². The van der Waals surface area contributed by atoms with Crippen molar-refractivity contribution in [3.05, 3.63) is 35.4 Å². The number of benzene rings is 1. The van der Waals surface area contributed by atoms with E-state index in [4.69, 9.17) is 11.5 Å². The first-order valence-corrected chi connectivity index (χ1v) is 8.93. The molecule has 0 amide bonds. The van der Waals surface area contributed by atoms with Crippen molar-refractivity contribution in [2.24, 2.45) is 29.2 Å². The van der Waals surface area contributed by atoms with E-state index in [-0.39, 0.29) is 11.0 Å². The van der Waals surface area contributed by atoms with E-state index in [0.717, 1.165) is 12.3 Å². The number of nitrogens with two attached hydrogens (primary N) is 2. The lowest BCUT2D eigenvalue weighted by Gasteiger charge is -2.62. The Morgan fingerprint density at radius 3 is 2.36 bits per heavy atom. The molecule has 1 aromatic carbocycles. The summed E-state index contributed by atoms with van der Waals surface area (Å²) in [6, 6.07) is 9.62. The molecule has 0 radical (unpaired) electrons. The minimum absolute atomic E-state index is 0.00435. The first-order valence-electron chi connectivity index (χ1n) is 8.93. The van der Waals surface area contributed by atoms with Gasteiger partial charge in [-0.25, -0.2) is 0 Å². The van der Waals surface area contributed by atoms with E-state index >= 15 is 0 Å². The highest BCUT2D eigenvalue weighted by Gasteiger charge is 2.58. The van der Waals surface area contributed by atoms with Crippen LogP contribution in [-0.4, -0.2) is 11.6 Å². The first-order chi connectivity index (χ1) is 10.3. The van der Waals surface area contributed by atoms with Crippen LogP contribution in [0.15, 0.2) is 24.3 Å². The third-order valence-corrected chi connectivity index (χ3v) is 6.77. The van der Waals surface area contributed by atoms with Crippen molar-refractivity contribution < 1.29 is 0 Å². The van der Waals surface area contributed by atoms with Gasteiger partial charge in [-0.05, 0) is 60.0 Å². The van der Waals surface area contributed by atoms with E-state index in [1.54, 1.807) is 0 Å². The van der Waals surface area contributed by atoms with Crippen LogP contribution in [0.5, 0.6) is 0 Å². The Kier molecular flexibility index (Phi) is 3.06. The fourth-order valence-electron chi connectivity index (χ4n) is 5.88. The minimum atomic E-state index is -0.00435. The molecule has 2 heteroatoms. The summed E-state index contributed by atoms with van der Waals surface area (Å²) in [7, 11) is 0. The third kappa shape index (κ3) is 2.07. The lowest BCUT2D eigenvalue weighted by Crippen LogP contribution is -2.67. The molecule has 0 spiro atoms. The molecule has 120 valence electrons. The summed E-state index contributed by atoms with van der Waals surface area (Å²) in [4.78, 5) is 0. The smallest absolute Gasteiger partial charge is 0.0232 e. The van der Waals surface area contributed by atoms with Crippen molar-refractivity contribution in [2.45, 2.75) is 69.4 Å². The van der Waals surface area contributed by atoms with Gasteiger partial charge in [-0.3, -0.25) is 0 Å². The summed E-state index contributed by atoms with van der Waals surface area (Å²) in [6.07, 6.45) is 4.96. The summed E-state index contributed by atoms with van der Waals surface area (Å²) < 4.78 is 0. The Hall–Kier alpha value is -0.860. The van der Waals surface area contributed by atoms with Crippen molar-refractivity contribution >= 4 is 0 Å². The van der Waals surface area contributed by atoms with Gasteiger partial charge in [0.1, 0.15) is 0 Å². The molecule has 6 unspecified atom stereocenters. The molecule has 2 nitrogen and oxygen atoms in total. The molecule has 4 aliphatic rings. The predicted octanol–water partition coefficient (Wildman–Crippen LogP) is 3.54. The minimum Gasteiger partial charge on any atom is -0.327 e. The highest BCUT2D eigenvalue weighted by molar-refractivity contribution is 5.35. The SMILES string of the molecule is CC(C)(C)c1ccc(C2C3CC4CC(CC2(N)C4)C3N)cc1. The van der Waals surface area contributed by atoms with Crippen LogP contribution in [0.3, 0.4) is 0 Å². The molecule has 6 atom stereocenters. The molecular weight excluding hydrogens is 268 g/mol. The van der Waals surface area contributed by atoms with Crippen LogP contribution < -0.4 is 11.5 Å². The largest absolute Gasteiger partial charge is 0.327 e. The van der Waals surface area contributed by atoms with Crippen LogP contribution in [0.2, 0.25) is 0 Å². The Balaban J connectivity index is 1.70. The molecule has 0 aromatic heterocycles. The van der Waals surface area contributed by atoms with E-state index in [9.17, 15) is 0 Å². The molecule has 0 heterocycles. The van der Waals surface area contributed by atoms with Crippen LogP contribution in [0, 0.1) is 17.8 Å². The molecule has 0 saturated heterocycles. The molecule has 22 heavy (non-hydrogen) atoms. The van der Waals surface area contributed by atoms with Crippen LogP contribution in [0.1, 0.15) is 63.5 Å². The third-order valence-electron chi connectivity index (χ3n) is 6.77. The van der Waals surface area contributed by atoms with Gasteiger partial charge in [0.05, 0.1) is 0 Å². The molecule has 0 aliphatic heterocycles. The summed E-state index contributed by atoms with van der Waals surface area (Å²) >= 11 is 0. The zero-order valence-corrected chi connectivity index (χ0v) is 14.2. The van der Waals surface area contributed by atoms with E-state index in [2.05, 4.69) is 45.0 Å². The average Bonchev–Trinajstić information content (AvgIpc) is 2.42. The molecule has 4 fully saturated rings. The van der Waals surface area contributed by atoms with Crippen molar-refractivity contribution in [3.8, 4) is 0 Å². The standard InChI is InChI=1S/C20H30N2/c1-19(2,3)15-6-4-13(5-7-15)17-16-9-12-8-14(18(16)21)11-20(17,22)10-12/h4-7,12,14,16-18H,8-11,21-22H2,1-3H3. The highest BCUT2D eigenvalue weighted by atomic mass is 14.9. The molecular formula is C20H30N2. The van der Waals surface area contributed by atoms with Gasteiger partial charge >= 0.3 is 0 Å². The number of hydrogen-bond acceptors (Lipinski definition) is 2. The normalized spacial score (nSPS) is 43.6. The number of rotatable bonds is 1. The molecule has 4 saturated carbocycles. The fraction of sp³-hybridized carbons (Fsp3) is 0.700. The molecule has 5 rings (SSSR count). The van der Waals surface area contributed by atoms with Crippen LogP contribution in [-0.2, 0) is 5.41 Å². The topological polar surface area (TPSA) is 52.0 Å². The maximum atomic E-state index is 6.93. The summed E-state index contributed by atoms with van der Waals surface area (Å²) in [5.41, 5.74) is 16.6. The van der Waals surface area contributed by atoms with Crippen LogP contribution >= 0.6 is 0 Å². The zero-order chi connectivity index (χ0) is 15.7. The highest BCUT2D eigenvalue weighted by Crippen LogP contribution is 2.60. The first kappa shape index (κ1) is 14.7. The van der Waals surface area contributed by atoms with E-state index in [0.29, 0.717) is 23.8 Å². The van der Waals surface area contributed by atoms with Gasteiger partial charge in [0.25, 0.3) is 0 Å². The van der Waals surface area contributed by atoms with Gasteiger partial charge in [0.2, 0.25) is 0 Å². The Bertz CT molecular complexity index is 570. The van der Waals surface area contributed by atoms with E-state index in [1.807, 2.05) is 0 Å². The zero-order valence-electron chi connectivity index (χ0n) is 14.2. The Morgan fingerprint density at radius 1 is 1.05 bits per heavy atom. The van der Waals surface area contributed by atoms with Crippen LogP contribution in [0.25, 0.3) is 0 Å². The summed E-state index contributed by atoms with van der Waals surface area (Å²) in [6.45, 7) is 6.81. The second-order valence-corrected chi connectivity index (χ2v) is 9.33.